The first-order chi connectivity index (χ1) is 14.6. The molecule has 12 heteroatoms. The molecule has 2 heterocycles. The maximum atomic E-state index is 12.6. The van der Waals surface area contributed by atoms with Crippen LogP contribution in [0.1, 0.15) is 5.56 Å². The number of benzene rings is 2. The number of nitro groups is 1. The second-order valence-corrected chi connectivity index (χ2v) is 9.98. The lowest BCUT2D eigenvalue weighted by molar-refractivity contribution is -0.383. The van der Waals surface area contributed by atoms with Gasteiger partial charge >= 0.3 is 0 Å². The van der Waals surface area contributed by atoms with Crippen LogP contribution in [-0.2, 0) is 16.4 Å². The molecule has 0 amide bonds. The lowest BCUT2D eigenvalue weighted by atomic mass is 10.2. The third-order valence-corrected chi connectivity index (χ3v) is 6.95. The zero-order chi connectivity index (χ0) is 22.3. The van der Waals surface area contributed by atoms with Crippen LogP contribution >= 0.6 is 11.3 Å². The molecule has 0 N–H and O–H groups in total. The minimum atomic E-state index is -3.74. The molecule has 0 aliphatic carbocycles. The summed E-state index contributed by atoms with van der Waals surface area (Å²) < 4.78 is 34.9. The molecule has 0 atom stereocenters. The van der Waals surface area contributed by atoms with Crippen molar-refractivity contribution >= 4 is 42.1 Å². The summed E-state index contributed by atoms with van der Waals surface area (Å²) in [6.07, 6.45) is 0.925. The Hall–Kier alpha value is -3.25. The smallest absolute Gasteiger partial charge is 0.288 e. The summed E-state index contributed by atoms with van der Waals surface area (Å²) in [4.78, 5) is 28.9. The summed E-state index contributed by atoms with van der Waals surface area (Å²) in [6, 6.07) is 7.59. The first-order valence-corrected chi connectivity index (χ1v) is 11.8. The summed E-state index contributed by atoms with van der Waals surface area (Å²) in [7, 11) is -2.03. The van der Waals surface area contributed by atoms with Gasteiger partial charge in [-0.1, -0.05) is 17.4 Å². The molecule has 31 heavy (non-hydrogen) atoms. The van der Waals surface area contributed by atoms with Gasteiger partial charge in [-0.2, -0.15) is 4.98 Å². The number of aromatic nitrogens is 1. The molecular weight excluding hydrogens is 446 g/mol. The van der Waals surface area contributed by atoms with Crippen molar-refractivity contribution in [3.63, 3.8) is 0 Å². The Kier molecular flexibility index (Phi) is 5.27. The third-order valence-electron chi connectivity index (χ3n) is 4.64. The zero-order valence-electron chi connectivity index (χ0n) is 16.5. The number of fused-ring (bicyclic) bond motifs is 2. The predicted octanol–water partition coefficient (Wildman–Crippen LogP) is 2.38. The highest BCUT2D eigenvalue weighted by molar-refractivity contribution is 7.90. The Morgan fingerprint density at radius 2 is 1.90 bits per heavy atom. The molecule has 0 saturated heterocycles. The normalized spacial score (nSPS) is 13.2. The van der Waals surface area contributed by atoms with Crippen molar-refractivity contribution in [1.82, 2.24) is 4.98 Å². The molecule has 0 bridgehead atoms. The number of nitrogens with zero attached hydrogens (tertiary/aromatic N) is 3. The van der Waals surface area contributed by atoms with Crippen LogP contribution in [0.15, 0.2) is 40.0 Å². The van der Waals surface area contributed by atoms with Gasteiger partial charge in [-0.25, -0.2) is 8.42 Å². The molecule has 2 aromatic carbocycles. The fourth-order valence-electron chi connectivity index (χ4n) is 3.16. The van der Waals surface area contributed by atoms with Crippen LogP contribution in [0, 0.1) is 10.1 Å². The van der Waals surface area contributed by atoms with Gasteiger partial charge in [-0.05, 0) is 23.8 Å². The van der Waals surface area contributed by atoms with Gasteiger partial charge in [0, 0.05) is 25.9 Å². The Bertz CT molecular complexity index is 1370. The highest BCUT2D eigenvalue weighted by Gasteiger charge is 2.23. The van der Waals surface area contributed by atoms with Crippen LogP contribution in [0.4, 0.5) is 10.8 Å². The highest BCUT2D eigenvalue weighted by atomic mass is 32.2. The molecule has 1 aromatic heterocycles. The van der Waals surface area contributed by atoms with Gasteiger partial charge in [0.1, 0.15) is 17.9 Å². The number of anilines is 1. The van der Waals surface area contributed by atoms with Crippen molar-refractivity contribution in [1.29, 1.82) is 0 Å². The van der Waals surface area contributed by atoms with E-state index < -0.39 is 26.0 Å². The van der Waals surface area contributed by atoms with E-state index in [9.17, 15) is 23.3 Å². The van der Waals surface area contributed by atoms with E-state index in [-0.39, 0.29) is 20.1 Å². The molecule has 0 fully saturated rings. The van der Waals surface area contributed by atoms with Crippen LogP contribution in [0.3, 0.4) is 0 Å². The first kappa shape index (κ1) is 21.0. The number of hydrogen-bond donors (Lipinski definition) is 0. The van der Waals surface area contributed by atoms with E-state index in [1.54, 1.807) is 18.0 Å². The number of rotatable bonds is 5. The monoisotopic (exact) mass is 463 g/mol. The fraction of sp³-hybridized carbons (Fsp3) is 0.263. The predicted molar refractivity (Wildman–Crippen MR) is 115 cm³/mol. The van der Waals surface area contributed by atoms with Gasteiger partial charge in [0.25, 0.3) is 11.2 Å². The topological polar surface area (TPSA) is 129 Å². The molecule has 162 valence electrons. The molecule has 1 aliphatic rings. The Balaban J connectivity index is 1.75. The summed E-state index contributed by atoms with van der Waals surface area (Å²) in [5, 5.41) is 11.7. The number of hydrogen-bond acceptors (Lipinski definition) is 10. The molecule has 0 spiro atoms. The fourth-order valence-corrected chi connectivity index (χ4v) is 4.84. The number of ether oxygens (including phenoxy) is 2. The minimum Gasteiger partial charge on any atom is -0.486 e. The summed E-state index contributed by atoms with van der Waals surface area (Å²) in [5.74, 6) is 1.28. The second-order valence-electron chi connectivity index (χ2n) is 6.98. The van der Waals surface area contributed by atoms with Crippen molar-refractivity contribution in [2.45, 2.75) is 11.4 Å². The highest BCUT2D eigenvalue weighted by Crippen LogP contribution is 2.35. The summed E-state index contributed by atoms with van der Waals surface area (Å²) in [6.45, 7) is 1.31. The molecular formula is C19H17N3O7S2. The maximum absolute atomic E-state index is 12.6. The quantitative estimate of drug-likeness (QED) is 0.413. The van der Waals surface area contributed by atoms with Crippen molar-refractivity contribution in [3.8, 4) is 11.5 Å². The van der Waals surface area contributed by atoms with E-state index in [0.29, 0.717) is 31.3 Å². The number of non-ortho nitro benzene ring substituents is 1. The van der Waals surface area contributed by atoms with Crippen LogP contribution in [0.5, 0.6) is 11.5 Å². The lowest BCUT2D eigenvalue weighted by Crippen LogP contribution is -2.21. The maximum Gasteiger partial charge on any atom is 0.288 e. The van der Waals surface area contributed by atoms with E-state index in [4.69, 9.17) is 9.47 Å². The standard InChI is InChI=1S/C19H17N3O7S2/c1-21(10-11-3-4-15-16(7-11)29-6-5-28-15)19-20-18(23)13-8-12(31(2,26)27)9-14(22(24)25)17(13)30-19/h3-4,7-9H,5-6,10H2,1-2H3. The van der Waals surface area contributed by atoms with Gasteiger partial charge in [-0.15, -0.1) is 0 Å². The van der Waals surface area contributed by atoms with Crippen LogP contribution in [0.25, 0.3) is 10.1 Å². The number of nitro benzene ring substituents is 1. The van der Waals surface area contributed by atoms with Gasteiger partial charge in [0.2, 0.25) is 0 Å². The van der Waals surface area contributed by atoms with Gasteiger partial charge in [-0.3, -0.25) is 14.9 Å². The van der Waals surface area contributed by atoms with Crippen molar-refractivity contribution in [2.24, 2.45) is 0 Å². The van der Waals surface area contributed by atoms with E-state index in [1.165, 1.54) is 0 Å². The SMILES string of the molecule is CN(Cc1ccc2c(c1)OCCO2)c1nc(=O)c2cc(S(C)(=O)=O)cc([N+](=O)[O-])c2s1. The molecule has 0 saturated carbocycles. The van der Waals surface area contributed by atoms with Crippen molar-refractivity contribution in [3.05, 3.63) is 56.4 Å². The second kappa shape index (κ2) is 7.78. The Morgan fingerprint density at radius 1 is 1.19 bits per heavy atom. The molecule has 3 aromatic rings. The molecule has 10 nitrogen and oxygen atoms in total. The van der Waals surface area contributed by atoms with E-state index in [2.05, 4.69) is 4.98 Å². The number of sulfone groups is 1. The summed E-state index contributed by atoms with van der Waals surface area (Å²) >= 11 is 0.954. The average Bonchev–Trinajstić information content (AvgIpc) is 2.72. The largest absolute Gasteiger partial charge is 0.486 e. The molecule has 4 rings (SSSR count). The van der Waals surface area contributed by atoms with Crippen molar-refractivity contribution in [2.75, 3.05) is 31.4 Å². The van der Waals surface area contributed by atoms with Crippen LogP contribution in [0.2, 0.25) is 0 Å². The van der Waals surface area contributed by atoms with Gasteiger partial charge in [0.05, 0.1) is 15.2 Å². The van der Waals surface area contributed by atoms with Crippen molar-refractivity contribution < 1.29 is 22.8 Å². The molecule has 0 unspecified atom stereocenters. The minimum absolute atomic E-state index is 0.0708. The molecule has 1 aliphatic heterocycles. The zero-order valence-corrected chi connectivity index (χ0v) is 18.2. The van der Waals surface area contributed by atoms with Crippen LogP contribution in [-0.4, -0.2) is 44.8 Å². The van der Waals surface area contributed by atoms with E-state index >= 15 is 0 Å². The van der Waals surface area contributed by atoms with Crippen LogP contribution < -0.4 is 19.9 Å². The lowest BCUT2D eigenvalue weighted by Gasteiger charge is -2.21. The van der Waals surface area contributed by atoms with Gasteiger partial charge in [0.15, 0.2) is 26.5 Å². The van der Waals surface area contributed by atoms with E-state index in [0.717, 1.165) is 35.3 Å². The first-order valence-electron chi connectivity index (χ1n) is 9.06. The third kappa shape index (κ3) is 4.16. The Labute approximate surface area is 180 Å². The van der Waals surface area contributed by atoms with E-state index in [1.807, 2.05) is 12.1 Å². The Morgan fingerprint density at radius 3 is 2.58 bits per heavy atom. The average molecular weight is 463 g/mol. The summed E-state index contributed by atoms with van der Waals surface area (Å²) in [5.41, 5.74) is -0.307. The molecule has 0 radical (unpaired) electrons. The van der Waals surface area contributed by atoms with Gasteiger partial charge < -0.3 is 14.4 Å².